The van der Waals surface area contributed by atoms with E-state index in [2.05, 4.69) is 17.6 Å². The highest BCUT2D eigenvalue weighted by Crippen LogP contribution is 2.31. The number of hydrogen-bond acceptors (Lipinski definition) is 4. The summed E-state index contributed by atoms with van der Waals surface area (Å²) < 4.78 is 10.6. The summed E-state index contributed by atoms with van der Waals surface area (Å²) in [5.41, 5.74) is 3.72. The van der Waals surface area contributed by atoms with Crippen molar-refractivity contribution in [2.24, 2.45) is 5.41 Å². The molecule has 2 aromatic carbocycles. The van der Waals surface area contributed by atoms with Crippen LogP contribution >= 0.6 is 0 Å². The molecule has 0 spiro atoms. The van der Waals surface area contributed by atoms with Gasteiger partial charge in [-0.25, -0.2) is 4.79 Å². The van der Waals surface area contributed by atoms with Crippen LogP contribution in [-0.2, 0) is 20.7 Å². The van der Waals surface area contributed by atoms with Gasteiger partial charge in [0.2, 0.25) is 6.41 Å². The van der Waals surface area contributed by atoms with E-state index >= 15 is 0 Å². The molecule has 3 rings (SSSR count). The first kappa shape index (κ1) is 18.9. The van der Waals surface area contributed by atoms with Crippen LogP contribution in [0.2, 0.25) is 0 Å². The van der Waals surface area contributed by atoms with Gasteiger partial charge in [0.15, 0.2) is 0 Å². The summed E-state index contributed by atoms with van der Waals surface area (Å²) in [6.07, 6.45) is 1.92. The van der Waals surface area contributed by atoms with Crippen molar-refractivity contribution in [3.63, 3.8) is 0 Å². The lowest BCUT2D eigenvalue weighted by Gasteiger charge is -2.39. The average molecular weight is 368 g/mol. The molecule has 1 aliphatic heterocycles. The van der Waals surface area contributed by atoms with Gasteiger partial charge in [0.25, 0.3) is 0 Å². The highest BCUT2D eigenvalue weighted by atomic mass is 16.6. The predicted molar refractivity (Wildman–Crippen MR) is 104 cm³/mol. The molecule has 6 heteroatoms. The Kier molecular flexibility index (Phi) is 6.08. The number of carbonyl (C=O) groups excluding carboxylic acids is 2. The van der Waals surface area contributed by atoms with E-state index in [1.807, 2.05) is 48.5 Å². The highest BCUT2D eigenvalue weighted by molar-refractivity contribution is 5.84. The zero-order chi connectivity index (χ0) is 19.1. The Morgan fingerprint density at radius 1 is 1.07 bits per heavy atom. The largest absolute Gasteiger partial charge is 0.449 e. The first-order chi connectivity index (χ1) is 13.1. The van der Waals surface area contributed by atoms with Crippen LogP contribution in [0.5, 0.6) is 0 Å². The second-order valence-electron chi connectivity index (χ2n) is 6.88. The second kappa shape index (κ2) is 8.68. The molecule has 2 amide bonds. The summed E-state index contributed by atoms with van der Waals surface area (Å²) in [6.45, 7) is 3.76. The topological polar surface area (TPSA) is 76.7 Å². The summed E-state index contributed by atoms with van der Waals surface area (Å²) in [5, 5.41) is 5.37. The van der Waals surface area contributed by atoms with Crippen molar-refractivity contribution in [2.45, 2.75) is 19.8 Å². The fraction of sp³-hybridized carbons (Fsp3) is 0.333. The van der Waals surface area contributed by atoms with E-state index in [-0.39, 0.29) is 5.41 Å². The van der Waals surface area contributed by atoms with Crippen LogP contribution < -0.4 is 10.6 Å². The molecule has 0 unspecified atom stereocenters. The lowest BCUT2D eigenvalue weighted by Crippen LogP contribution is -2.46. The highest BCUT2D eigenvalue weighted by Gasteiger charge is 2.38. The summed E-state index contributed by atoms with van der Waals surface area (Å²) in [4.78, 5) is 22.4. The van der Waals surface area contributed by atoms with Gasteiger partial charge >= 0.3 is 6.09 Å². The molecule has 1 saturated heterocycles. The van der Waals surface area contributed by atoms with Crippen LogP contribution in [0.15, 0.2) is 48.5 Å². The van der Waals surface area contributed by atoms with Crippen molar-refractivity contribution in [3.05, 3.63) is 59.7 Å². The van der Waals surface area contributed by atoms with Crippen molar-refractivity contribution in [1.29, 1.82) is 0 Å². The van der Waals surface area contributed by atoms with E-state index in [0.717, 1.165) is 29.7 Å². The van der Waals surface area contributed by atoms with Gasteiger partial charge in [-0.1, -0.05) is 31.2 Å². The van der Waals surface area contributed by atoms with Crippen molar-refractivity contribution >= 4 is 23.9 Å². The fourth-order valence-corrected chi connectivity index (χ4v) is 2.88. The number of carbonyl (C=O) groups is 2. The summed E-state index contributed by atoms with van der Waals surface area (Å²) in [7, 11) is 0. The number of rotatable bonds is 8. The quantitative estimate of drug-likeness (QED) is 0.695. The van der Waals surface area contributed by atoms with Gasteiger partial charge in [-0.05, 0) is 48.2 Å². The SMILES string of the molecule is CCC1(COC(=O)Nc2ccc(Cc3ccc(NC=O)cc3)cc2)COC1. The predicted octanol–water partition coefficient (Wildman–Crippen LogP) is 3.82. The Labute approximate surface area is 158 Å². The molecule has 2 N–H and O–H groups in total. The van der Waals surface area contributed by atoms with Crippen LogP contribution in [0.1, 0.15) is 24.5 Å². The summed E-state index contributed by atoms with van der Waals surface area (Å²) in [6, 6.07) is 15.4. The van der Waals surface area contributed by atoms with Crippen LogP contribution in [0, 0.1) is 5.41 Å². The third-order valence-electron chi connectivity index (χ3n) is 4.86. The molecule has 27 heavy (non-hydrogen) atoms. The molecular formula is C21H24N2O4. The molecule has 0 bridgehead atoms. The third kappa shape index (κ3) is 5.08. The van der Waals surface area contributed by atoms with Crippen LogP contribution in [0.3, 0.4) is 0 Å². The minimum atomic E-state index is -0.444. The molecule has 1 fully saturated rings. The van der Waals surface area contributed by atoms with E-state index in [9.17, 15) is 9.59 Å². The number of amides is 2. The van der Waals surface area contributed by atoms with Crippen molar-refractivity contribution in [2.75, 3.05) is 30.5 Å². The Bertz CT molecular complexity index is 762. The number of nitrogens with one attached hydrogen (secondary N) is 2. The zero-order valence-electron chi connectivity index (χ0n) is 15.4. The molecule has 142 valence electrons. The lowest BCUT2D eigenvalue weighted by atomic mass is 9.84. The first-order valence-corrected chi connectivity index (χ1v) is 9.02. The molecule has 6 nitrogen and oxygen atoms in total. The number of ether oxygens (including phenoxy) is 2. The second-order valence-corrected chi connectivity index (χ2v) is 6.88. The van der Waals surface area contributed by atoms with Gasteiger partial charge < -0.3 is 14.8 Å². The van der Waals surface area contributed by atoms with E-state index in [0.29, 0.717) is 31.9 Å². The molecule has 0 radical (unpaired) electrons. The molecule has 1 heterocycles. The smallest absolute Gasteiger partial charge is 0.411 e. The Morgan fingerprint density at radius 3 is 2.15 bits per heavy atom. The summed E-state index contributed by atoms with van der Waals surface area (Å²) in [5.74, 6) is 0. The average Bonchev–Trinajstić information content (AvgIpc) is 2.65. The monoisotopic (exact) mass is 368 g/mol. The maximum absolute atomic E-state index is 12.0. The molecule has 0 saturated carbocycles. The fourth-order valence-electron chi connectivity index (χ4n) is 2.88. The number of anilines is 2. The third-order valence-corrected chi connectivity index (χ3v) is 4.86. The molecule has 0 aliphatic carbocycles. The molecule has 0 atom stereocenters. The van der Waals surface area contributed by atoms with Gasteiger partial charge in [-0.15, -0.1) is 0 Å². The van der Waals surface area contributed by atoms with Crippen LogP contribution in [0.25, 0.3) is 0 Å². The Morgan fingerprint density at radius 2 is 1.67 bits per heavy atom. The van der Waals surface area contributed by atoms with Gasteiger partial charge in [-0.2, -0.15) is 0 Å². The molecule has 1 aliphatic rings. The Hall–Kier alpha value is -2.86. The van der Waals surface area contributed by atoms with Crippen molar-refractivity contribution < 1.29 is 19.1 Å². The molecule has 2 aromatic rings. The van der Waals surface area contributed by atoms with E-state index in [1.54, 1.807) is 0 Å². The number of benzene rings is 2. The van der Waals surface area contributed by atoms with E-state index < -0.39 is 6.09 Å². The number of hydrogen-bond donors (Lipinski definition) is 2. The Balaban J connectivity index is 1.49. The van der Waals surface area contributed by atoms with Gasteiger partial charge in [0, 0.05) is 11.4 Å². The van der Waals surface area contributed by atoms with Crippen molar-refractivity contribution in [1.82, 2.24) is 0 Å². The maximum atomic E-state index is 12.0. The first-order valence-electron chi connectivity index (χ1n) is 9.02. The standard InChI is InChI=1S/C21H24N2O4/c1-2-21(12-26-13-21)14-27-20(25)23-19-9-5-17(6-10-19)11-16-3-7-18(8-4-16)22-15-24/h3-10,15H,2,11-14H2,1H3,(H,22,24)(H,23,25). The van der Waals surface area contributed by atoms with Gasteiger partial charge in [-0.3, -0.25) is 10.1 Å². The van der Waals surface area contributed by atoms with E-state index in [1.165, 1.54) is 0 Å². The minimum Gasteiger partial charge on any atom is -0.449 e. The van der Waals surface area contributed by atoms with Gasteiger partial charge in [0.1, 0.15) is 6.61 Å². The summed E-state index contributed by atoms with van der Waals surface area (Å²) >= 11 is 0. The van der Waals surface area contributed by atoms with E-state index in [4.69, 9.17) is 9.47 Å². The molecule has 0 aromatic heterocycles. The van der Waals surface area contributed by atoms with Crippen molar-refractivity contribution in [3.8, 4) is 0 Å². The van der Waals surface area contributed by atoms with Gasteiger partial charge in [0.05, 0.1) is 18.6 Å². The maximum Gasteiger partial charge on any atom is 0.411 e. The lowest BCUT2D eigenvalue weighted by molar-refractivity contribution is -0.138. The molecular weight excluding hydrogens is 344 g/mol. The zero-order valence-corrected chi connectivity index (χ0v) is 15.4. The minimum absolute atomic E-state index is 0.0159. The van der Waals surface area contributed by atoms with Crippen LogP contribution in [-0.4, -0.2) is 32.3 Å². The normalized spacial score (nSPS) is 14.7. The van der Waals surface area contributed by atoms with Crippen LogP contribution in [0.4, 0.5) is 16.2 Å².